The van der Waals surface area contributed by atoms with Gasteiger partial charge in [-0.2, -0.15) is 0 Å². The first-order valence-electron chi connectivity index (χ1n) is 8.24. The Balaban J connectivity index is 1.43. The molecule has 0 aliphatic heterocycles. The number of ether oxygens (including phenoxy) is 1. The van der Waals surface area contributed by atoms with E-state index in [1.807, 2.05) is 42.5 Å². The Kier molecular flexibility index (Phi) is 3.37. The fourth-order valence-electron chi connectivity index (χ4n) is 4.07. The molecular formula is C20H21NO2. The van der Waals surface area contributed by atoms with E-state index in [-0.39, 0.29) is 11.5 Å². The van der Waals surface area contributed by atoms with Gasteiger partial charge in [-0.15, -0.1) is 0 Å². The molecule has 0 saturated heterocycles. The Morgan fingerprint density at radius 2 is 2.04 bits per heavy atom. The largest absolute Gasteiger partial charge is 0.449 e. The lowest BCUT2D eigenvalue weighted by Crippen LogP contribution is -2.30. The first-order valence-corrected chi connectivity index (χ1v) is 8.24. The maximum Gasteiger partial charge on any atom is 0.411 e. The van der Waals surface area contributed by atoms with Crippen molar-refractivity contribution in [2.24, 2.45) is 17.3 Å². The molecule has 0 radical (unpaired) electrons. The number of rotatable bonds is 3. The van der Waals surface area contributed by atoms with Gasteiger partial charge >= 0.3 is 6.09 Å². The van der Waals surface area contributed by atoms with E-state index in [2.05, 4.69) is 24.4 Å². The van der Waals surface area contributed by atoms with Crippen LogP contribution in [0.3, 0.4) is 0 Å². The SMILES string of the molecule is CC1(COC(=O)Nc2cccc3ccccc23)CC2C=CC1C2. The van der Waals surface area contributed by atoms with Crippen molar-refractivity contribution in [1.29, 1.82) is 0 Å². The third-order valence-corrected chi connectivity index (χ3v) is 5.36. The molecule has 118 valence electrons. The summed E-state index contributed by atoms with van der Waals surface area (Å²) in [7, 11) is 0. The highest BCUT2D eigenvalue weighted by molar-refractivity contribution is 6.00. The summed E-state index contributed by atoms with van der Waals surface area (Å²) in [6.07, 6.45) is 6.57. The normalized spacial score (nSPS) is 28.2. The van der Waals surface area contributed by atoms with Gasteiger partial charge in [-0.05, 0) is 36.1 Å². The summed E-state index contributed by atoms with van der Waals surface area (Å²) in [5.41, 5.74) is 0.890. The van der Waals surface area contributed by atoms with Gasteiger partial charge in [0.05, 0.1) is 12.3 Å². The lowest BCUT2D eigenvalue weighted by Gasteiger charge is -2.30. The van der Waals surface area contributed by atoms with Gasteiger partial charge in [0.1, 0.15) is 0 Å². The molecule has 3 atom stereocenters. The number of nitrogens with one attached hydrogen (secondary N) is 1. The number of hydrogen-bond acceptors (Lipinski definition) is 2. The smallest absolute Gasteiger partial charge is 0.411 e. The van der Waals surface area contributed by atoms with Crippen LogP contribution in [0.1, 0.15) is 19.8 Å². The van der Waals surface area contributed by atoms with Crippen LogP contribution in [-0.2, 0) is 4.74 Å². The van der Waals surface area contributed by atoms with E-state index < -0.39 is 0 Å². The maximum absolute atomic E-state index is 12.2. The Hall–Kier alpha value is -2.29. The van der Waals surface area contributed by atoms with Crippen molar-refractivity contribution in [1.82, 2.24) is 0 Å². The molecule has 2 bridgehead atoms. The van der Waals surface area contributed by atoms with Crippen molar-refractivity contribution in [3.63, 3.8) is 0 Å². The number of anilines is 1. The van der Waals surface area contributed by atoms with Crippen LogP contribution < -0.4 is 5.32 Å². The first-order chi connectivity index (χ1) is 11.1. The number of hydrogen-bond donors (Lipinski definition) is 1. The van der Waals surface area contributed by atoms with Crippen molar-refractivity contribution in [3.05, 3.63) is 54.6 Å². The Labute approximate surface area is 136 Å². The summed E-state index contributed by atoms with van der Waals surface area (Å²) in [6.45, 7) is 2.71. The molecule has 2 aliphatic carbocycles. The molecule has 1 amide bonds. The van der Waals surface area contributed by atoms with Crippen molar-refractivity contribution < 1.29 is 9.53 Å². The number of fused-ring (bicyclic) bond motifs is 3. The van der Waals surface area contributed by atoms with Crippen LogP contribution in [0.4, 0.5) is 10.5 Å². The number of carbonyl (C=O) groups excluding carboxylic acids is 1. The van der Waals surface area contributed by atoms with E-state index in [9.17, 15) is 4.79 Å². The molecule has 3 unspecified atom stereocenters. The van der Waals surface area contributed by atoms with Gasteiger partial charge in [0.25, 0.3) is 0 Å². The van der Waals surface area contributed by atoms with E-state index in [1.54, 1.807) is 0 Å². The third-order valence-electron chi connectivity index (χ3n) is 5.36. The minimum absolute atomic E-state index is 0.0928. The Morgan fingerprint density at radius 3 is 2.83 bits per heavy atom. The standard InChI is InChI=1S/C20H21NO2/c1-20(12-14-9-10-16(20)11-14)13-23-19(22)21-18-8-4-6-15-5-2-3-7-17(15)18/h2-10,14,16H,11-13H2,1H3,(H,21,22). The van der Waals surface area contributed by atoms with Gasteiger partial charge in [-0.25, -0.2) is 4.79 Å². The minimum Gasteiger partial charge on any atom is -0.449 e. The zero-order chi connectivity index (χ0) is 15.9. The molecule has 4 rings (SSSR count). The molecule has 3 nitrogen and oxygen atoms in total. The van der Waals surface area contributed by atoms with Gasteiger partial charge in [0.15, 0.2) is 0 Å². The molecule has 23 heavy (non-hydrogen) atoms. The average Bonchev–Trinajstić information content (AvgIpc) is 3.14. The summed E-state index contributed by atoms with van der Waals surface area (Å²) in [5.74, 6) is 1.23. The molecule has 2 aromatic carbocycles. The number of benzene rings is 2. The monoisotopic (exact) mass is 307 g/mol. The number of allylic oxidation sites excluding steroid dienone is 2. The topological polar surface area (TPSA) is 38.3 Å². The Morgan fingerprint density at radius 1 is 1.22 bits per heavy atom. The zero-order valence-electron chi connectivity index (χ0n) is 13.3. The second-order valence-corrected chi connectivity index (χ2v) is 7.07. The molecule has 0 spiro atoms. The van der Waals surface area contributed by atoms with Crippen LogP contribution >= 0.6 is 0 Å². The van der Waals surface area contributed by atoms with Gasteiger partial charge < -0.3 is 4.74 Å². The lowest BCUT2D eigenvalue weighted by atomic mass is 9.78. The summed E-state index contributed by atoms with van der Waals surface area (Å²) >= 11 is 0. The average molecular weight is 307 g/mol. The molecule has 0 aromatic heterocycles. The van der Waals surface area contributed by atoms with Crippen LogP contribution in [-0.4, -0.2) is 12.7 Å². The lowest BCUT2D eigenvalue weighted by molar-refractivity contribution is 0.0854. The van der Waals surface area contributed by atoms with Gasteiger partial charge in [-0.1, -0.05) is 55.5 Å². The minimum atomic E-state index is -0.366. The predicted molar refractivity (Wildman–Crippen MR) is 92.4 cm³/mol. The summed E-state index contributed by atoms with van der Waals surface area (Å²) < 4.78 is 5.55. The van der Waals surface area contributed by atoms with Gasteiger partial charge in [-0.3, -0.25) is 5.32 Å². The van der Waals surface area contributed by atoms with Crippen LogP contribution in [0.25, 0.3) is 10.8 Å². The van der Waals surface area contributed by atoms with E-state index in [4.69, 9.17) is 4.74 Å². The first kappa shape index (κ1) is 14.3. The number of carbonyl (C=O) groups is 1. The van der Waals surface area contributed by atoms with Crippen molar-refractivity contribution >= 4 is 22.6 Å². The van der Waals surface area contributed by atoms with E-state index in [1.165, 1.54) is 6.42 Å². The van der Waals surface area contributed by atoms with E-state index >= 15 is 0 Å². The fraction of sp³-hybridized carbons (Fsp3) is 0.350. The van der Waals surface area contributed by atoms with E-state index in [0.29, 0.717) is 18.4 Å². The molecule has 2 aliphatic rings. The highest BCUT2D eigenvalue weighted by atomic mass is 16.5. The zero-order valence-corrected chi connectivity index (χ0v) is 13.3. The molecule has 3 heteroatoms. The summed E-state index contributed by atoms with van der Waals surface area (Å²) in [4.78, 5) is 12.2. The Bertz CT molecular complexity index is 777. The van der Waals surface area contributed by atoms with Crippen molar-refractivity contribution in [2.75, 3.05) is 11.9 Å². The van der Waals surface area contributed by atoms with Crippen LogP contribution in [0.15, 0.2) is 54.6 Å². The van der Waals surface area contributed by atoms with Crippen LogP contribution in [0.5, 0.6) is 0 Å². The van der Waals surface area contributed by atoms with Gasteiger partial charge in [0.2, 0.25) is 0 Å². The molecule has 2 aromatic rings. The van der Waals surface area contributed by atoms with Crippen molar-refractivity contribution in [2.45, 2.75) is 19.8 Å². The number of amides is 1. The highest BCUT2D eigenvalue weighted by Gasteiger charge is 2.45. The quantitative estimate of drug-likeness (QED) is 0.811. The summed E-state index contributed by atoms with van der Waals surface area (Å²) in [5, 5.41) is 5.03. The van der Waals surface area contributed by atoms with Crippen LogP contribution in [0.2, 0.25) is 0 Å². The fourth-order valence-corrected chi connectivity index (χ4v) is 4.07. The highest BCUT2D eigenvalue weighted by Crippen LogP contribution is 2.51. The van der Waals surface area contributed by atoms with E-state index in [0.717, 1.165) is 22.9 Å². The third kappa shape index (κ3) is 2.61. The second-order valence-electron chi connectivity index (χ2n) is 7.07. The molecule has 0 heterocycles. The second kappa shape index (κ2) is 5.41. The molecule has 1 saturated carbocycles. The molecular weight excluding hydrogens is 286 g/mol. The van der Waals surface area contributed by atoms with Gasteiger partial charge in [0, 0.05) is 10.8 Å². The van der Waals surface area contributed by atoms with Crippen LogP contribution in [0, 0.1) is 17.3 Å². The van der Waals surface area contributed by atoms with Crippen molar-refractivity contribution in [3.8, 4) is 0 Å². The maximum atomic E-state index is 12.2. The molecule has 1 N–H and O–H groups in total. The summed E-state index contributed by atoms with van der Waals surface area (Å²) in [6, 6.07) is 13.9. The molecule has 1 fully saturated rings. The predicted octanol–water partition coefficient (Wildman–Crippen LogP) is 4.99.